The fraction of sp³-hybridized carbons (Fsp3) is 0.158. The third kappa shape index (κ3) is 3.47. The monoisotopic (exact) mass is 434 g/mol. The normalized spacial score (nSPS) is 13.8. The van der Waals surface area contributed by atoms with Gasteiger partial charge in [0.2, 0.25) is 0 Å². The Morgan fingerprint density at radius 2 is 1.90 bits per heavy atom. The lowest BCUT2D eigenvalue weighted by Gasteiger charge is -2.26. The van der Waals surface area contributed by atoms with Gasteiger partial charge in [-0.05, 0) is 42.8 Å². The van der Waals surface area contributed by atoms with Crippen LogP contribution in [0, 0.1) is 11.6 Å². The number of H-pyrrole nitrogens is 1. The van der Waals surface area contributed by atoms with E-state index in [1.165, 1.54) is 12.0 Å². The Morgan fingerprint density at radius 1 is 1.17 bits per heavy atom. The summed E-state index contributed by atoms with van der Waals surface area (Å²) in [5.41, 5.74) is 1.15. The molecule has 1 aromatic heterocycles. The number of aromatic amines is 1. The van der Waals surface area contributed by atoms with Crippen molar-refractivity contribution in [2.45, 2.75) is 11.3 Å². The van der Waals surface area contributed by atoms with Crippen molar-refractivity contribution in [1.29, 1.82) is 0 Å². The van der Waals surface area contributed by atoms with Crippen molar-refractivity contribution in [3.05, 3.63) is 65.4 Å². The number of benzene rings is 2. The number of hydrogen-bond acceptors (Lipinski definition) is 5. The fourth-order valence-electron chi connectivity index (χ4n) is 3.21. The number of hydrogen-bond donors (Lipinski definition) is 2. The lowest BCUT2D eigenvalue weighted by atomic mass is 10.1. The smallest absolute Gasteiger partial charge is 0.276 e. The second-order valence-electron chi connectivity index (χ2n) is 6.51. The van der Waals surface area contributed by atoms with Crippen LogP contribution in [0.2, 0.25) is 0 Å². The average Bonchev–Trinajstić information content (AvgIpc) is 3.11. The zero-order valence-corrected chi connectivity index (χ0v) is 16.5. The number of fused-ring (bicyclic) bond motifs is 1. The first-order chi connectivity index (χ1) is 14.3. The number of nitrogens with zero attached hydrogens (tertiary/aromatic N) is 2. The topological polar surface area (TPSA) is 104 Å². The van der Waals surface area contributed by atoms with E-state index in [1.807, 2.05) is 0 Å². The maximum absolute atomic E-state index is 13.9. The van der Waals surface area contributed by atoms with E-state index in [9.17, 15) is 22.0 Å². The summed E-state index contributed by atoms with van der Waals surface area (Å²) in [5.74, 6) is -1.96. The highest BCUT2D eigenvalue weighted by Crippen LogP contribution is 2.30. The molecule has 0 spiro atoms. The molecule has 1 aliphatic heterocycles. The minimum atomic E-state index is -4.37. The molecular formula is C19H16F2N4O4S. The average molecular weight is 434 g/mol. The molecule has 0 saturated heterocycles. The first-order valence-electron chi connectivity index (χ1n) is 8.81. The predicted molar refractivity (Wildman–Crippen MR) is 104 cm³/mol. The summed E-state index contributed by atoms with van der Waals surface area (Å²) in [6.45, 7) is 0.289. The quantitative estimate of drug-likeness (QED) is 0.643. The number of anilines is 2. The van der Waals surface area contributed by atoms with Crippen LogP contribution in [-0.2, 0) is 16.4 Å². The van der Waals surface area contributed by atoms with E-state index in [4.69, 9.17) is 4.74 Å². The second kappa shape index (κ2) is 7.41. The van der Waals surface area contributed by atoms with Gasteiger partial charge in [-0.1, -0.05) is 0 Å². The SMILES string of the molecule is COc1ccc(N2CCc3c(NS(=O)(=O)c4ccc(F)cc4F)n[nH]c3C2=O)cc1. The van der Waals surface area contributed by atoms with Crippen LogP contribution in [0.3, 0.4) is 0 Å². The van der Waals surface area contributed by atoms with Gasteiger partial charge in [0.05, 0.1) is 7.11 Å². The molecule has 0 fully saturated rings. The molecule has 0 unspecified atom stereocenters. The molecule has 11 heteroatoms. The van der Waals surface area contributed by atoms with Gasteiger partial charge in [0, 0.05) is 23.9 Å². The molecule has 156 valence electrons. The molecule has 0 radical (unpaired) electrons. The Morgan fingerprint density at radius 3 is 2.57 bits per heavy atom. The molecule has 2 N–H and O–H groups in total. The first kappa shape index (κ1) is 19.8. The van der Waals surface area contributed by atoms with Crippen molar-refractivity contribution >= 4 is 27.4 Å². The van der Waals surface area contributed by atoms with Gasteiger partial charge in [0.15, 0.2) is 5.82 Å². The number of carbonyl (C=O) groups is 1. The van der Waals surface area contributed by atoms with Crippen LogP contribution in [-0.4, -0.2) is 38.2 Å². The maximum atomic E-state index is 13.9. The van der Waals surface area contributed by atoms with Crippen LogP contribution in [0.15, 0.2) is 47.4 Å². The molecule has 4 rings (SSSR count). The van der Waals surface area contributed by atoms with Gasteiger partial charge in [-0.3, -0.25) is 14.6 Å². The largest absolute Gasteiger partial charge is 0.497 e. The molecule has 0 saturated carbocycles. The standard InChI is InChI=1S/C19H16F2N4O4S/c1-29-13-5-3-12(4-6-13)25-9-8-14-17(19(25)26)22-23-18(14)24-30(27,28)16-7-2-11(20)10-15(16)21/h2-7,10H,8-9H2,1H3,(H2,22,23,24). The highest BCUT2D eigenvalue weighted by molar-refractivity contribution is 7.92. The molecule has 1 aliphatic rings. The van der Waals surface area contributed by atoms with Crippen LogP contribution in [0.5, 0.6) is 5.75 Å². The highest BCUT2D eigenvalue weighted by atomic mass is 32.2. The number of sulfonamides is 1. The summed E-state index contributed by atoms with van der Waals surface area (Å²) < 4.78 is 59.3. The van der Waals surface area contributed by atoms with Crippen molar-refractivity contribution in [2.75, 3.05) is 23.3 Å². The molecule has 30 heavy (non-hydrogen) atoms. The van der Waals surface area contributed by atoms with E-state index in [0.29, 0.717) is 29.5 Å². The summed E-state index contributed by atoms with van der Waals surface area (Å²) in [7, 11) is -2.83. The number of ether oxygens (including phenoxy) is 1. The third-order valence-corrected chi connectivity index (χ3v) is 6.08. The van der Waals surface area contributed by atoms with Crippen molar-refractivity contribution in [3.8, 4) is 5.75 Å². The van der Waals surface area contributed by atoms with E-state index >= 15 is 0 Å². The molecule has 2 heterocycles. The number of nitrogens with one attached hydrogen (secondary N) is 2. The van der Waals surface area contributed by atoms with Crippen LogP contribution in [0.1, 0.15) is 16.1 Å². The van der Waals surface area contributed by atoms with Gasteiger partial charge in [-0.2, -0.15) is 5.10 Å². The Bertz CT molecular complexity index is 1230. The van der Waals surface area contributed by atoms with Gasteiger partial charge in [-0.15, -0.1) is 0 Å². The maximum Gasteiger partial charge on any atom is 0.276 e. The summed E-state index contributed by atoms with van der Waals surface area (Å²) in [5, 5.41) is 6.43. The van der Waals surface area contributed by atoms with E-state index in [1.54, 1.807) is 24.3 Å². The van der Waals surface area contributed by atoms with Crippen LogP contribution in [0.4, 0.5) is 20.3 Å². The summed E-state index contributed by atoms with van der Waals surface area (Å²) in [6.07, 6.45) is 0.313. The van der Waals surface area contributed by atoms with Gasteiger partial charge < -0.3 is 9.64 Å². The zero-order chi connectivity index (χ0) is 21.5. The molecule has 0 bridgehead atoms. The van der Waals surface area contributed by atoms with Crippen molar-refractivity contribution in [3.63, 3.8) is 0 Å². The third-order valence-electron chi connectivity index (χ3n) is 4.71. The number of rotatable bonds is 5. The number of methoxy groups -OCH3 is 1. The molecule has 0 aliphatic carbocycles. The predicted octanol–water partition coefficient (Wildman–Crippen LogP) is 2.70. The summed E-state index contributed by atoms with van der Waals surface area (Å²) >= 11 is 0. The van der Waals surface area contributed by atoms with Crippen molar-refractivity contribution in [1.82, 2.24) is 10.2 Å². The molecule has 8 nitrogen and oxygen atoms in total. The highest BCUT2D eigenvalue weighted by Gasteiger charge is 2.32. The Balaban J connectivity index is 1.60. The second-order valence-corrected chi connectivity index (χ2v) is 8.16. The van der Waals surface area contributed by atoms with Crippen LogP contribution in [0.25, 0.3) is 0 Å². The van der Waals surface area contributed by atoms with E-state index in [-0.39, 0.29) is 24.0 Å². The lowest BCUT2D eigenvalue weighted by Crippen LogP contribution is -2.37. The molecule has 3 aromatic rings. The van der Waals surface area contributed by atoms with Gasteiger partial charge in [0.25, 0.3) is 15.9 Å². The van der Waals surface area contributed by atoms with Crippen LogP contribution >= 0.6 is 0 Å². The molecule has 2 aromatic carbocycles. The fourth-order valence-corrected chi connectivity index (χ4v) is 4.31. The number of aromatic nitrogens is 2. The van der Waals surface area contributed by atoms with E-state index < -0.39 is 26.6 Å². The zero-order valence-electron chi connectivity index (χ0n) is 15.6. The molecule has 0 atom stereocenters. The lowest BCUT2D eigenvalue weighted by molar-refractivity contribution is 0.0976. The van der Waals surface area contributed by atoms with Crippen molar-refractivity contribution in [2.24, 2.45) is 0 Å². The van der Waals surface area contributed by atoms with Gasteiger partial charge in [0.1, 0.15) is 28.0 Å². The number of halogens is 2. The Labute approximate surface area is 170 Å². The minimum absolute atomic E-state index is 0.101. The minimum Gasteiger partial charge on any atom is -0.497 e. The van der Waals surface area contributed by atoms with Crippen LogP contribution < -0.4 is 14.4 Å². The van der Waals surface area contributed by atoms with Gasteiger partial charge in [-0.25, -0.2) is 17.2 Å². The Hall–Kier alpha value is -3.47. The number of amides is 1. The summed E-state index contributed by atoms with van der Waals surface area (Å²) in [6, 6.07) is 9.06. The van der Waals surface area contributed by atoms with Crippen molar-refractivity contribution < 1.29 is 26.7 Å². The van der Waals surface area contributed by atoms with E-state index in [0.717, 1.165) is 12.1 Å². The van der Waals surface area contributed by atoms with E-state index in [2.05, 4.69) is 14.9 Å². The Kier molecular flexibility index (Phi) is 4.90. The molecular weight excluding hydrogens is 418 g/mol. The summed E-state index contributed by atoms with van der Waals surface area (Å²) in [4.78, 5) is 13.7. The first-order valence-corrected chi connectivity index (χ1v) is 10.3. The van der Waals surface area contributed by atoms with Gasteiger partial charge >= 0.3 is 0 Å². The molecule has 1 amide bonds. The number of carbonyl (C=O) groups excluding carboxylic acids is 1.